The highest BCUT2D eigenvalue weighted by Gasteiger charge is 2.50. The van der Waals surface area contributed by atoms with Gasteiger partial charge >= 0.3 is 0 Å². The summed E-state index contributed by atoms with van der Waals surface area (Å²) in [5, 5.41) is 0. The van der Waals surface area contributed by atoms with Crippen molar-refractivity contribution in [3.05, 3.63) is 198 Å². The van der Waals surface area contributed by atoms with E-state index < -0.39 is 0 Å². The maximum Gasteiger partial charge on any atom is 0.0735 e. The molecular weight excluding hydrogens is 563 g/mol. The Morgan fingerprint density at radius 2 is 0.889 bits per heavy atom. The van der Waals surface area contributed by atoms with Crippen LogP contribution in [0.5, 0.6) is 0 Å². The Bertz CT molecular complexity index is 2160. The topological polar surface area (TPSA) is 3.24 Å². The van der Waals surface area contributed by atoms with Crippen LogP contribution in [-0.4, -0.2) is 0 Å². The molecule has 1 aliphatic carbocycles. The van der Waals surface area contributed by atoms with Gasteiger partial charge in [-0.15, -0.1) is 0 Å². The highest BCUT2D eigenvalue weighted by molar-refractivity contribution is 7.99. The Balaban J connectivity index is 1.27. The van der Waals surface area contributed by atoms with E-state index in [2.05, 4.69) is 181 Å². The summed E-state index contributed by atoms with van der Waals surface area (Å²) in [6.07, 6.45) is 0. The van der Waals surface area contributed by atoms with Crippen molar-refractivity contribution in [2.45, 2.75) is 15.2 Å². The third kappa shape index (κ3) is 3.96. The summed E-state index contributed by atoms with van der Waals surface area (Å²) >= 11 is 1.89. The monoisotopic (exact) mass is 591 g/mol. The molecular formula is C43H29NS. The molecule has 45 heavy (non-hydrogen) atoms. The first-order valence-electron chi connectivity index (χ1n) is 15.4. The van der Waals surface area contributed by atoms with E-state index in [0.717, 1.165) is 17.1 Å². The number of anilines is 3. The molecule has 212 valence electrons. The van der Waals surface area contributed by atoms with Gasteiger partial charge < -0.3 is 4.90 Å². The van der Waals surface area contributed by atoms with E-state index in [9.17, 15) is 0 Å². The van der Waals surface area contributed by atoms with Gasteiger partial charge in [-0.2, -0.15) is 0 Å². The normalized spacial score (nSPS) is 13.4. The van der Waals surface area contributed by atoms with Crippen LogP contribution in [0.15, 0.2) is 186 Å². The molecule has 9 rings (SSSR count). The molecule has 2 aliphatic rings. The molecule has 0 unspecified atom stereocenters. The molecule has 0 amide bonds. The van der Waals surface area contributed by atoms with Gasteiger partial charge in [-0.25, -0.2) is 0 Å². The van der Waals surface area contributed by atoms with Gasteiger partial charge in [0.1, 0.15) is 0 Å². The van der Waals surface area contributed by atoms with Crippen LogP contribution in [0.2, 0.25) is 0 Å². The molecule has 7 aromatic rings. The van der Waals surface area contributed by atoms with Crippen LogP contribution in [-0.2, 0) is 5.41 Å². The van der Waals surface area contributed by atoms with Crippen LogP contribution < -0.4 is 4.90 Å². The summed E-state index contributed by atoms with van der Waals surface area (Å²) in [5.74, 6) is 0. The van der Waals surface area contributed by atoms with Gasteiger partial charge in [0.15, 0.2) is 0 Å². The molecule has 0 bridgehead atoms. The fourth-order valence-corrected chi connectivity index (χ4v) is 8.69. The fourth-order valence-electron chi connectivity index (χ4n) is 7.47. The van der Waals surface area contributed by atoms with Gasteiger partial charge in [-0.1, -0.05) is 145 Å². The highest BCUT2D eigenvalue weighted by atomic mass is 32.2. The second-order valence-electron chi connectivity index (χ2n) is 11.7. The average molecular weight is 592 g/mol. The number of fused-ring (bicyclic) bond motifs is 9. The van der Waals surface area contributed by atoms with Crippen molar-refractivity contribution in [2.24, 2.45) is 0 Å². The summed E-state index contributed by atoms with van der Waals surface area (Å²) in [5.41, 5.74) is 13.6. The zero-order valence-corrected chi connectivity index (χ0v) is 25.4. The van der Waals surface area contributed by atoms with Crippen molar-refractivity contribution in [3.8, 4) is 22.3 Å². The van der Waals surface area contributed by atoms with E-state index in [1.165, 1.54) is 54.3 Å². The first-order chi connectivity index (χ1) is 22.3. The lowest BCUT2D eigenvalue weighted by Crippen LogP contribution is -2.32. The van der Waals surface area contributed by atoms with Crippen LogP contribution >= 0.6 is 11.8 Å². The van der Waals surface area contributed by atoms with Crippen molar-refractivity contribution in [1.29, 1.82) is 0 Å². The van der Waals surface area contributed by atoms with Gasteiger partial charge in [-0.3, -0.25) is 0 Å². The summed E-state index contributed by atoms with van der Waals surface area (Å²) in [7, 11) is 0. The number of para-hydroxylation sites is 1. The standard InChI is InChI=1S/C43H29NS/c1-3-14-30(15-4-1)31-16-13-19-33(28-31)44(32-17-5-2-6-18-32)34-26-27-40-42(29-34)45-41-25-12-11-24-39(41)43(40)37-22-9-7-20-35(37)36-21-8-10-23-38(36)43/h1-29H. The smallest absolute Gasteiger partial charge is 0.0735 e. The fraction of sp³-hybridized carbons (Fsp3) is 0.0233. The molecule has 0 saturated heterocycles. The van der Waals surface area contributed by atoms with Gasteiger partial charge in [-0.05, 0) is 87.0 Å². The molecule has 0 saturated carbocycles. The maximum atomic E-state index is 2.41. The minimum atomic E-state index is -0.367. The first kappa shape index (κ1) is 26.1. The number of rotatable bonds is 4. The molecule has 0 atom stereocenters. The molecule has 0 N–H and O–H groups in total. The van der Waals surface area contributed by atoms with Gasteiger partial charge in [0.25, 0.3) is 0 Å². The summed E-state index contributed by atoms with van der Waals surface area (Å²) in [6.45, 7) is 0. The average Bonchev–Trinajstić information content (AvgIpc) is 3.40. The minimum Gasteiger partial charge on any atom is -0.310 e. The van der Waals surface area contributed by atoms with Gasteiger partial charge in [0, 0.05) is 26.9 Å². The Kier molecular flexibility index (Phi) is 6.04. The van der Waals surface area contributed by atoms with Crippen LogP contribution in [0.3, 0.4) is 0 Å². The molecule has 0 fully saturated rings. The molecule has 2 heteroatoms. The van der Waals surface area contributed by atoms with Crippen molar-refractivity contribution in [3.63, 3.8) is 0 Å². The number of nitrogens with zero attached hydrogens (tertiary/aromatic N) is 1. The van der Waals surface area contributed by atoms with Crippen LogP contribution in [0.25, 0.3) is 22.3 Å². The van der Waals surface area contributed by atoms with Crippen LogP contribution in [0.4, 0.5) is 17.1 Å². The quantitative estimate of drug-likeness (QED) is 0.200. The highest BCUT2D eigenvalue weighted by Crippen LogP contribution is 2.62. The molecule has 1 heterocycles. The Morgan fingerprint density at radius 3 is 1.62 bits per heavy atom. The van der Waals surface area contributed by atoms with E-state index >= 15 is 0 Å². The molecule has 1 nitrogen and oxygen atoms in total. The molecule has 7 aromatic carbocycles. The molecule has 0 aromatic heterocycles. The van der Waals surface area contributed by atoms with Gasteiger partial charge in [0.2, 0.25) is 0 Å². The Morgan fingerprint density at radius 1 is 0.356 bits per heavy atom. The van der Waals surface area contributed by atoms with E-state index in [4.69, 9.17) is 0 Å². The lowest BCUT2D eigenvalue weighted by molar-refractivity contribution is 0.722. The number of hydrogen-bond donors (Lipinski definition) is 0. The van der Waals surface area contributed by atoms with E-state index in [1.54, 1.807) is 0 Å². The largest absolute Gasteiger partial charge is 0.310 e. The number of benzene rings is 7. The van der Waals surface area contributed by atoms with Crippen LogP contribution in [0.1, 0.15) is 22.3 Å². The molecule has 1 aliphatic heterocycles. The van der Waals surface area contributed by atoms with Crippen molar-refractivity contribution in [1.82, 2.24) is 0 Å². The van der Waals surface area contributed by atoms with E-state index in [0.29, 0.717) is 0 Å². The van der Waals surface area contributed by atoms with E-state index in [1.807, 2.05) is 11.8 Å². The summed E-state index contributed by atoms with van der Waals surface area (Å²) < 4.78 is 0. The third-order valence-electron chi connectivity index (χ3n) is 9.32. The van der Waals surface area contributed by atoms with Crippen LogP contribution in [0, 0.1) is 0 Å². The molecule has 1 spiro atoms. The number of hydrogen-bond acceptors (Lipinski definition) is 2. The molecule has 0 radical (unpaired) electrons. The minimum absolute atomic E-state index is 0.367. The van der Waals surface area contributed by atoms with Crippen molar-refractivity contribution in [2.75, 3.05) is 4.90 Å². The van der Waals surface area contributed by atoms with E-state index in [-0.39, 0.29) is 5.41 Å². The SMILES string of the molecule is c1ccc(-c2cccc(N(c3ccccc3)c3ccc4c(c3)Sc3ccccc3C43c4ccccc4-c4ccccc43)c2)cc1. The predicted octanol–water partition coefficient (Wildman–Crippen LogP) is 11.7. The zero-order chi connectivity index (χ0) is 29.8. The lowest BCUT2D eigenvalue weighted by Gasteiger charge is -2.40. The summed E-state index contributed by atoms with van der Waals surface area (Å²) in [4.78, 5) is 4.99. The lowest BCUT2D eigenvalue weighted by atomic mass is 9.67. The third-order valence-corrected chi connectivity index (χ3v) is 10.5. The Labute approximate surface area is 268 Å². The van der Waals surface area contributed by atoms with Crippen molar-refractivity contribution >= 4 is 28.8 Å². The predicted molar refractivity (Wildman–Crippen MR) is 188 cm³/mol. The summed E-state index contributed by atoms with van der Waals surface area (Å²) in [6, 6.07) is 64.3. The first-order valence-corrected chi connectivity index (χ1v) is 16.3. The zero-order valence-electron chi connectivity index (χ0n) is 24.6. The Hall–Kier alpha value is -5.31. The maximum absolute atomic E-state index is 2.41. The van der Waals surface area contributed by atoms with Gasteiger partial charge in [0.05, 0.1) is 5.41 Å². The second kappa shape index (κ2) is 10.4. The second-order valence-corrected chi connectivity index (χ2v) is 12.8. The van der Waals surface area contributed by atoms with Crippen molar-refractivity contribution < 1.29 is 0 Å².